The lowest BCUT2D eigenvalue weighted by Crippen LogP contribution is -2.47. The van der Waals surface area contributed by atoms with Gasteiger partial charge in [-0.2, -0.15) is 0 Å². The Morgan fingerprint density at radius 1 is 1.10 bits per heavy atom. The number of hydrogen-bond acceptors (Lipinski definition) is 5. The third-order valence-corrected chi connectivity index (χ3v) is 7.00. The van der Waals surface area contributed by atoms with Crippen molar-refractivity contribution >= 4 is 34.6 Å². The number of hydrogen-bond donors (Lipinski definition) is 2. The molecule has 2 unspecified atom stereocenters. The minimum Gasteiger partial charge on any atom is -0.430 e. The number of urea groups is 1. The number of piperidine rings is 1. The van der Waals surface area contributed by atoms with Crippen LogP contribution in [-0.2, 0) is 4.79 Å². The third kappa shape index (κ3) is 3.51. The second-order valence-electron chi connectivity index (χ2n) is 9.03. The normalized spacial score (nSPS) is 25.3. The average Bonchev–Trinajstić information content (AvgIpc) is 3.24. The molecular weight excluding hydrogens is 398 g/mol. The van der Waals surface area contributed by atoms with Gasteiger partial charge in [0, 0.05) is 31.9 Å². The van der Waals surface area contributed by atoms with Crippen LogP contribution in [0.3, 0.4) is 0 Å². The molecular formula is C22H27N5O4. The van der Waals surface area contributed by atoms with Crippen LogP contribution in [0.1, 0.15) is 41.9 Å². The topological polar surface area (TPSA) is 122 Å². The molecule has 3 N–H and O–H groups in total. The second-order valence-corrected chi connectivity index (χ2v) is 9.03. The fourth-order valence-corrected chi connectivity index (χ4v) is 5.12. The number of furan rings is 1. The highest BCUT2D eigenvalue weighted by Crippen LogP contribution is 2.41. The number of anilines is 1. The lowest BCUT2D eigenvalue weighted by molar-refractivity contribution is -0.136. The van der Waals surface area contributed by atoms with Crippen LogP contribution in [0.5, 0.6) is 0 Å². The van der Waals surface area contributed by atoms with Gasteiger partial charge in [0.2, 0.25) is 17.4 Å². The number of carbonyl (C=O) groups is 3. The smallest absolute Gasteiger partial charge is 0.321 e. The molecule has 3 atom stereocenters. The zero-order valence-electron chi connectivity index (χ0n) is 17.6. The molecule has 3 fully saturated rings. The number of nitrogens with one attached hydrogen (secondary N) is 1. The van der Waals surface area contributed by atoms with Crippen LogP contribution in [-0.4, -0.2) is 58.8 Å². The monoisotopic (exact) mass is 425 g/mol. The molecule has 0 radical (unpaired) electrons. The first-order valence-electron chi connectivity index (χ1n) is 11.0. The number of aromatic nitrogens is 1. The summed E-state index contributed by atoms with van der Waals surface area (Å²) in [6.45, 7) is 4.46. The first-order chi connectivity index (χ1) is 14.9. The van der Waals surface area contributed by atoms with Crippen molar-refractivity contribution in [2.45, 2.75) is 32.6 Å². The van der Waals surface area contributed by atoms with E-state index in [1.165, 1.54) is 12.8 Å². The number of aryl methyl sites for hydroxylation is 1. The van der Waals surface area contributed by atoms with Crippen LogP contribution in [0.15, 0.2) is 16.5 Å². The van der Waals surface area contributed by atoms with Crippen molar-refractivity contribution in [3.05, 3.63) is 23.6 Å². The molecule has 5 rings (SSSR count). The van der Waals surface area contributed by atoms with Crippen LogP contribution in [0.4, 0.5) is 10.5 Å². The molecule has 4 heterocycles. The van der Waals surface area contributed by atoms with Gasteiger partial charge in [0.1, 0.15) is 5.69 Å². The molecule has 9 nitrogen and oxygen atoms in total. The molecule has 0 bridgehead atoms. The van der Waals surface area contributed by atoms with Crippen molar-refractivity contribution in [2.24, 2.45) is 23.5 Å². The van der Waals surface area contributed by atoms with Gasteiger partial charge in [-0.05, 0) is 56.6 Å². The number of primary amides is 1. The molecule has 3 aliphatic rings. The van der Waals surface area contributed by atoms with Crippen LogP contribution < -0.4 is 11.1 Å². The second kappa shape index (κ2) is 7.55. The van der Waals surface area contributed by atoms with Crippen LogP contribution in [0, 0.1) is 24.7 Å². The molecule has 0 aromatic carbocycles. The Hall–Kier alpha value is -3.10. The van der Waals surface area contributed by atoms with Crippen molar-refractivity contribution < 1.29 is 18.8 Å². The summed E-state index contributed by atoms with van der Waals surface area (Å²) in [4.78, 5) is 45.8. The number of carbonyl (C=O) groups excluding carboxylic acids is 3. The standard InChI is InChI=1S/C22H27N5O4/c1-12-4-7-16-17(18(19(23)28)31-20(16)24-12)25-22(30)26-8-2-3-15(11-26)21(29)27-9-13-5-6-14(13)10-27/h4,7,13-15H,2-3,5-6,8-11H2,1H3,(H2,23,28)(H,25,30)/t13?,14?,15-/m1/s1. The maximum absolute atomic E-state index is 13.0. The number of amides is 4. The number of fused-ring (bicyclic) bond motifs is 2. The van der Waals surface area contributed by atoms with Gasteiger partial charge in [-0.25, -0.2) is 9.78 Å². The first kappa shape index (κ1) is 19.8. The summed E-state index contributed by atoms with van der Waals surface area (Å²) in [6.07, 6.45) is 4.00. The summed E-state index contributed by atoms with van der Waals surface area (Å²) in [5.74, 6) is 0.424. The predicted octanol–water partition coefficient (Wildman–Crippen LogP) is 2.35. The Bertz CT molecular complexity index is 1050. The molecule has 0 spiro atoms. The Balaban J connectivity index is 1.31. The van der Waals surface area contributed by atoms with E-state index in [0.717, 1.165) is 31.6 Å². The highest BCUT2D eigenvalue weighted by Gasteiger charge is 2.43. The number of pyridine rings is 1. The fourth-order valence-electron chi connectivity index (χ4n) is 5.12. The van der Waals surface area contributed by atoms with Crippen molar-refractivity contribution in [2.75, 3.05) is 31.5 Å². The highest BCUT2D eigenvalue weighted by atomic mass is 16.4. The minimum atomic E-state index is -0.777. The maximum atomic E-state index is 13.0. The van der Waals surface area contributed by atoms with E-state index in [1.807, 2.05) is 4.90 Å². The zero-order chi connectivity index (χ0) is 21.7. The molecule has 4 amide bonds. The van der Waals surface area contributed by atoms with E-state index in [-0.39, 0.29) is 35.0 Å². The molecule has 2 aromatic heterocycles. The van der Waals surface area contributed by atoms with Gasteiger partial charge >= 0.3 is 6.03 Å². The van der Waals surface area contributed by atoms with E-state index in [9.17, 15) is 14.4 Å². The van der Waals surface area contributed by atoms with Gasteiger partial charge in [-0.1, -0.05) is 0 Å². The Kier molecular flexibility index (Phi) is 4.83. The lowest BCUT2D eigenvalue weighted by atomic mass is 9.77. The van der Waals surface area contributed by atoms with Crippen molar-refractivity contribution in [3.63, 3.8) is 0 Å². The van der Waals surface area contributed by atoms with E-state index < -0.39 is 5.91 Å². The number of nitrogens with two attached hydrogens (primary N) is 1. The summed E-state index contributed by atoms with van der Waals surface area (Å²) < 4.78 is 5.50. The fraction of sp³-hybridized carbons (Fsp3) is 0.545. The Morgan fingerprint density at radius 2 is 1.84 bits per heavy atom. The summed E-state index contributed by atoms with van der Waals surface area (Å²) in [5.41, 5.74) is 6.66. The molecule has 1 aliphatic carbocycles. The molecule has 9 heteroatoms. The quantitative estimate of drug-likeness (QED) is 0.782. The molecule has 2 aliphatic heterocycles. The van der Waals surface area contributed by atoms with E-state index in [1.54, 1.807) is 24.0 Å². The summed E-state index contributed by atoms with van der Waals surface area (Å²) in [5, 5.41) is 3.30. The highest BCUT2D eigenvalue weighted by molar-refractivity contribution is 6.09. The van der Waals surface area contributed by atoms with Crippen LogP contribution >= 0.6 is 0 Å². The number of nitrogens with zero attached hydrogens (tertiary/aromatic N) is 3. The van der Waals surface area contributed by atoms with Gasteiger partial charge in [0.15, 0.2) is 0 Å². The van der Waals surface area contributed by atoms with E-state index in [4.69, 9.17) is 10.2 Å². The van der Waals surface area contributed by atoms with Gasteiger partial charge in [0.05, 0.1) is 11.3 Å². The van der Waals surface area contributed by atoms with Gasteiger partial charge < -0.3 is 25.3 Å². The SMILES string of the molecule is Cc1ccc2c(NC(=O)N3CCC[C@@H](C(=O)N4CC5CCC5C4)C3)c(C(N)=O)oc2n1. The van der Waals surface area contributed by atoms with E-state index in [0.29, 0.717) is 30.3 Å². The van der Waals surface area contributed by atoms with Crippen molar-refractivity contribution in [1.82, 2.24) is 14.8 Å². The number of likely N-dealkylation sites (tertiary alicyclic amines) is 2. The molecule has 1 saturated carbocycles. The predicted molar refractivity (Wildman–Crippen MR) is 113 cm³/mol. The zero-order valence-corrected chi connectivity index (χ0v) is 17.6. The first-order valence-corrected chi connectivity index (χ1v) is 11.0. The number of rotatable bonds is 3. The molecule has 2 aromatic rings. The van der Waals surface area contributed by atoms with Gasteiger partial charge in [-0.15, -0.1) is 0 Å². The Labute approximate surface area is 179 Å². The molecule has 31 heavy (non-hydrogen) atoms. The summed E-state index contributed by atoms with van der Waals surface area (Å²) in [7, 11) is 0. The van der Waals surface area contributed by atoms with E-state index in [2.05, 4.69) is 10.3 Å². The molecule has 164 valence electrons. The third-order valence-electron chi connectivity index (χ3n) is 7.00. The lowest BCUT2D eigenvalue weighted by Gasteiger charge is -2.34. The van der Waals surface area contributed by atoms with Crippen LogP contribution in [0.25, 0.3) is 11.1 Å². The van der Waals surface area contributed by atoms with Crippen LogP contribution in [0.2, 0.25) is 0 Å². The minimum absolute atomic E-state index is 0.126. The molecule has 2 saturated heterocycles. The average molecular weight is 425 g/mol. The maximum Gasteiger partial charge on any atom is 0.321 e. The Morgan fingerprint density at radius 3 is 2.52 bits per heavy atom. The van der Waals surface area contributed by atoms with Gasteiger partial charge in [-0.3, -0.25) is 9.59 Å². The van der Waals surface area contributed by atoms with Crippen molar-refractivity contribution in [1.29, 1.82) is 0 Å². The van der Waals surface area contributed by atoms with Crippen molar-refractivity contribution in [3.8, 4) is 0 Å². The van der Waals surface area contributed by atoms with E-state index >= 15 is 0 Å². The van der Waals surface area contributed by atoms with Gasteiger partial charge in [0.25, 0.3) is 5.91 Å². The summed E-state index contributed by atoms with van der Waals surface area (Å²) >= 11 is 0. The summed E-state index contributed by atoms with van der Waals surface area (Å²) in [6, 6.07) is 3.15. The largest absolute Gasteiger partial charge is 0.430 e.